The number of sulfonamides is 1. The monoisotopic (exact) mass is 369 g/mol. The van der Waals surface area contributed by atoms with Gasteiger partial charge in [0.15, 0.2) is 0 Å². The van der Waals surface area contributed by atoms with Gasteiger partial charge in [-0.05, 0) is 43.5 Å². The Balaban J connectivity index is 2.28. The van der Waals surface area contributed by atoms with Gasteiger partial charge in [-0.1, -0.05) is 12.8 Å². The van der Waals surface area contributed by atoms with E-state index in [0.29, 0.717) is 12.1 Å². The Hall–Kier alpha value is -1.64. The third kappa shape index (κ3) is 4.31. The highest BCUT2D eigenvalue weighted by atomic mass is 32.2. The number of methoxy groups -OCH3 is 1. The van der Waals surface area contributed by atoms with Gasteiger partial charge in [0.05, 0.1) is 7.11 Å². The maximum absolute atomic E-state index is 12.6. The number of hydrogen-bond donors (Lipinski definition) is 2. The van der Waals surface area contributed by atoms with Crippen LogP contribution in [0.1, 0.15) is 36.0 Å². The van der Waals surface area contributed by atoms with Crippen molar-refractivity contribution in [1.82, 2.24) is 9.62 Å². The molecule has 0 aromatic heterocycles. The van der Waals surface area contributed by atoms with E-state index >= 15 is 0 Å². The summed E-state index contributed by atoms with van der Waals surface area (Å²) in [5.41, 5.74) is 6.10. The summed E-state index contributed by atoms with van der Waals surface area (Å²) in [6, 6.07) is 4.47. The highest BCUT2D eigenvalue weighted by Crippen LogP contribution is 2.28. The summed E-state index contributed by atoms with van der Waals surface area (Å²) in [7, 11) is 0.564. The van der Waals surface area contributed by atoms with Crippen LogP contribution in [-0.4, -0.2) is 52.4 Å². The van der Waals surface area contributed by atoms with Crippen LogP contribution in [-0.2, 0) is 10.0 Å². The fourth-order valence-corrected chi connectivity index (χ4v) is 4.22. The predicted octanol–water partition coefficient (Wildman–Crippen LogP) is 1.19. The molecule has 0 bridgehead atoms. The Labute approximate surface area is 149 Å². The Morgan fingerprint density at radius 1 is 1.32 bits per heavy atom. The van der Waals surface area contributed by atoms with E-state index in [4.69, 9.17) is 10.5 Å². The molecule has 1 aliphatic carbocycles. The number of carbonyl (C=O) groups excluding carboxylic acids is 1. The molecule has 2 unspecified atom stereocenters. The highest BCUT2D eigenvalue weighted by Gasteiger charge is 2.27. The van der Waals surface area contributed by atoms with Gasteiger partial charge in [0.2, 0.25) is 10.0 Å². The molecule has 2 atom stereocenters. The van der Waals surface area contributed by atoms with Gasteiger partial charge >= 0.3 is 0 Å². The topological polar surface area (TPSA) is 102 Å². The van der Waals surface area contributed by atoms with Crippen molar-refractivity contribution in [3.05, 3.63) is 23.8 Å². The smallest absolute Gasteiger partial charge is 0.251 e. The lowest BCUT2D eigenvalue weighted by Gasteiger charge is -2.31. The van der Waals surface area contributed by atoms with Crippen LogP contribution in [0.4, 0.5) is 0 Å². The molecule has 3 N–H and O–H groups in total. The van der Waals surface area contributed by atoms with Gasteiger partial charge in [-0.25, -0.2) is 12.7 Å². The maximum atomic E-state index is 12.6. The van der Waals surface area contributed by atoms with Crippen molar-refractivity contribution >= 4 is 15.9 Å². The van der Waals surface area contributed by atoms with E-state index in [1.165, 1.54) is 33.3 Å². The summed E-state index contributed by atoms with van der Waals surface area (Å²) in [5.74, 6) is 0.187. The fraction of sp³-hybridized carbons (Fsp3) is 0.588. The molecule has 2 rings (SSSR count). The van der Waals surface area contributed by atoms with Gasteiger partial charge in [-0.2, -0.15) is 0 Å². The molecule has 0 saturated heterocycles. The summed E-state index contributed by atoms with van der Waals surface area (Å²) in [4.78, 5) is 12.6. The largest absolute Gasteiger partial charge is 0.495 e. The van der Waals surface area contributed by atoms with E-state index in [2.05, 4.69) is 5.32 Å². The molecule has 140 valence electrons. The van der Waals surface area contributed by atoms with Crippen molar-refractivity contribution < 1.29 is 17.9 Å². The molecule has 1 aliphatic rings. The van der Waals surface area contributed by atoms with E-state index in [-0.39, 0.29) is 28.5 Å². The first-order valence-electron chi connectivity index (χ1n) is 8.42. The second-order valence-corrected chi connectivity index (χ2v) is 8.63. The maximum Gasteiger partial charge on any atom is 0.251 e. The van der Waals surface area contributed by atoms with Gasteiger partial charge < -0.3 is 15.8 Å². The molecule has 1 saturated carbocycles. The summed E-state index contributed by atoms with van der Waals surface area (Å²) < 4.78 is 31.2. The van der Waals surface area contributed by atoms with Gasteiger partial charge in [0, 0.05) is 25.7 Å². The Kier molecular flexibility index (Phi) is 6.42. The molecule has 1 aromatic rings. The number of carbonyl (C=O) groups is 1. The Morgan fingerprint density at radius 3 is 2.60 bits per heavy atom. The minimum Gasteiger partial charge on any atom is -0.495 e. The molecule has 0 spiro atoms. The van der Waals surface area contributed by atoms with E-state index in [0.717, 1.165) is 30.0 Å². The van der Waals surface area contributed by atoms with Crippen LogP contribution in [0.3, 0.4) is 0 Å². The van der Waals surface area contributed by atoms with Gasteiger partial charge in [0.25, 0.3) is 5.91 Å². The van der Waals surface area contributed by atoms with Crippen molar-refractivity contribution in [2.24, 2.45) is 11.7 Å². The number of amides is 1. The lowest BCUT2D eigenvalue weighted by molar-refractivity contribution is 0.0908. The number of benzene rings is 1. The second kappa shape index (κ2) is 8.16. The minimum absolute atomic E-state index is 0.0216. The zero-order valence-corrected chi connectivity index (χ0v) is 15.8. The van der Waals surface area contributed by atoms with Crippen molar-refractivity contribution in [2.45, 2.75) is 36.6 Å². The van der Waals surface area contributed by atoms with Crippen molar-refractivity contribution in [2.75, 3.05) is 27.7 Å². The van der Waals surface area contributed by atoms with Gasteiger partial charge in [-0.3, -0.25) is 4.79 Å². The minimum atomic E-state index is -3.72. The van der Waals surface area contributed by atoms with Gasteiger partial charge in [-0.15, -0.1) is 0 Å². The number of rotatable bonds is 6. The zero-order chi connectivity index (χ0) is 18.6. The third-order valence-electron chi connectivity index (χ3n) is 4.71. The first-order chi connectivity index (χ1) is 11.8. The average Bonchev–Trinajstić information content (AvgIpc) is 2.61. The molecular weight excluding hydrogens is 342 g/mol. The molecule has 7 nitrogen and oxygen atoms in total. The summed E-state index contributed by atoms with van der Waals surface area (Å²) in [5, 5.41) is 3.01. The van der Waals surface area contributed by atoms with Crippen LogP contribution in [0.25, 0.3) is 0 Å². The number of nitrogens with two attached hydrogens (primary N) is 1. The van der Waals surface area contributed by atoms with Crippen molar-refractivity contribution in [1.29, 1.82) is 0 Å². The number of hydrogen-bond acceptors (Lipinski definition) is 5. The summed E-state index contributed by atoms with van der Waals surface area (Å²) in [6.07, 6.45) is 4.09. The molecule has 1 fully saturated rings. The van der Waals surface area contributed by atoms with Crippen molar-refractivity contribution in [3.63, 3.8) is 0 Å². The van der Waals surface area contributed by atoms with E-state index < -0.39 is 10.0 Å². The van der Waals surface area contributed by atoms with E-state index in [9.17, 15) is 13.2 Å². The number of nitrogens with one attached hydrogen (secondary N) is 1. The normalized spacial score (nSPS) is 21.2. The molecule has 0 radical (unpaired) electrons. The zero-order valence-electron chi connectivity index (χ0n) is 15.0. The first-order valence-corrected chi connectivity index (χ1v) is 9.86. The van der Waals surface area contributed by atoms with Crippen LogP contribution in [0.5, 0.6) is 5.75 Å². The standard InChI is InChI=1S/C17H27N3O4S/c1-20(2)25(22,23)16-10-12(8-9-15(16)24-3)17(21)19-14-7-5-4-6-13(14)11-18/h8-10,13-14H,4-7,11,18H2,1-3H3,(H,19,21). The molecule has 1 amide bonds. The summed E-state index contributed by atoms with van der Waals surface area (Å²) >= 11 is 0. The SMILES string of the molecule is COc1ccc(C(=O)NC2CCCCC2CN)cc1S(=O)(=O)N(C)C. The lowest BCUT2D eigenvalue weighted by atomic mass is 9.84. The van der Waals surface area contributed by atoms with Crippen LogP contribution >= 0.6 is 0 Å². The third-order valence-corrected chi connectivity index (χ3v) is 6.55. The molecule has 1 aromatic carbocycles. The summed E-state index contributed by atoms with van der Waals surface area (Å²) in [6.45, 7) is 0.536. The lowest BCUT2D eigenvalue weighted by Crippen LogP contribution is -2.44. The fourth-order valence-electron chi connectivity index (χ4n) is 3.15. The van der Waals surface area contributed by atoms with Crippen LogP contribution in [0, 0.1) is 5.92 Å². The first kappa shape index (κ1) is 19.7. The predicted molar refractivity (Wildman–Crippen MR) is 96.1 cm³/mol. The number of ether oxygens (including phenoxy) is 1. The van der Waals surface area contributed by atoms with Gasteiger partial charge in [0.1, 0.15) is 10.6 Å². The van der Waals surface area contributed by atoms with Crippen LogP contribution < -0.4 is 15.8 Å². The van der Waals surface area contributed by atoms with E-state index in [1.54, 1.807) is 6.07 Å². The molecule has 8 heteroatoms. The van der Waals surface area contributed by atoms with Crippen LogP contribution in [0.2, 0.25) is 0 Å². The van der Waals surface area contributed by atoms with Crippen molar-refractivity contribution in [3.8, 4) is 5.75 Å². The Bertz CT molecular complexity index is 719. The Morgan fingerprint density at radius 2 is 2.00 bits per heavy atom. The quantitative estimate of drug-likeness (QED) is 0.784. The highest BCUT2D eigenvalue weighted by molar-refractivity contribution is 7.89. The second-order valence-electron chi connectivity index (χ2n) is 6.51. The average molecular weight is 369 g/mol. The molecule has 0 aliphatic heterocycles. The van der Waals surface area contributed by atoms with E-state index in [1.807, 2.05) is 0 Å². The molecule has 0 heterocycles. The van der Waals surface area contributed by atoms with Crippen LogP contribution in [0.15, 0.2) is 23.1 Å². The molecular formula is C17H27N3O4S. The molecule has 25 heavy (non-hydrogen) atoms. The number of nitrogens with zero attached hydrogens (tertiary/aromatic N) is 1.